The monoisotopic (exact) mass is 687 g/mol. The van der Waals surface area contributed by atoms with Crippen LogP contribution in [0, 0.1) is 0 Å². The molecule has 2 aliphatic heterocycles. The summed E-state index contributed by atoms with van der Waals surface area (Å²) < 4.78 is 47.5. The number of carbonyl (C=O) groups excluding carboxylic acids is 3. The largest absolute Gasteiger partial charge is 0.455 e. The molecule has 2 saturated heterocycles. The van der Waals surface area contributed by atoms with E-state index in [0.717, 1.165) is 25.0 Å². The number of nitrogens with one attached hydrogen (secondary N) is 1. The Labute approximate surface area is 285 Å². The van der Waals surface area contributed by atoms with Gasteiger partial charge in [-0.15, -0.1) is 6.58 Å². The van der Waals surface area contributed by atoms with Crippen LogP contribution in [-0.2, 0) is 65.5 Å². The molecule has 2 aromatic carbocycles. The number of hydrogen-bond donors (Lipinski definition) is 3. The van der Waals surface area contributed by atoms with Gasteiger partial charge >= 0.3 is 11.9 Å². The Morgan fingerprint density at radius 1 is 0.776 bits per heavy atom. The third-order valence-electron chi connectivity index (χ3n) is 7.74. The lowest BCUT2D eigenvalue weighted by Gasteiger charge is -2.48. The number of rotatable bonds is 16. The Bertz CT molecular complexity index is 1350. The molecule has 2 aliphatic rings. The molecule has 0 unspecified atom stereocenters. The summed E-state index contributed by atoms with van der Waals surface area (Å²) in [5.74, 6) is -1.99. The fourth-order valence-electron chi connectivity index (χ4n) is 5.65. The Kier molecular flexibility index (Phi) is 14.7. The molecule has 2 heterocycles. The van der Waals surface area contributed by atoms with E-state index in [-0.39, 0.29) is 33.0 Å². The summed E-state index contributed by atoms with van der Waals surface area (Å²) in [5.41, 5.74) is 1.76. The lowest BCUT2D eigenvalue weighted by molar-refractivity contribution is -0.350. The molecule has 0 aromatic heterocycles. The van der Waals surface area contributed by atoms with Gasteiger partial charge in [0.1, 0.15) is 36.6 Å². The standard InChI is InChI=1S/C35H45NO13/c1-5-16-44-31-28(36-21(2)37)34(41)47-27(20-43-18-25-14-10-7-11-15-25)30(31)49-35-33(46-23(4)39)32(45-22(3)38)29(40)26(48-35)19-42-17-24-12-8-6-9-13-24/h5-15,26-35,40-41H,1,16-20H2,2-4H3,(H,36,37)/t26-,27-,28-,29+,30-,31-,32+,33-,34+,35+/m1/s1. The zero-order valence-electron chi connectivity index (χ0n) is 27.8. The first-order valence-electron chi connectivity index (χ1n) is 16.0. The summed E-state index contributed by atoms with van der Waals surface area (Å²) in [6.45, 7) is 7.39. The van der Waals surface area contributed by atoms with Crippen LogP contribution < -0.4 is 5.32 Å². The second-order valence-corrected chi connectivity index (χ2v) is 11.7. The van der Waals surface area contributed by atoms with Gasteiger partial charge in [0.05, 0.1) is 33.0 Å². The highest BCUT2D eigenvalue weighted by Gasteiger charge is 2.54. The van der Waals surface area contributed by atoms with E-state index >= 15 is 0 Å². The number of benzene rings is 2. The van der Waals surface area contributed by atoms with E-state index in [1.165, 1.54) is 13.0 Å². The number of esters is 2. The van der Waals surface area contributed by atoms with Crippen molar-refractivity contribution in [1.29, 1.82) is 0 Å². The lowest BCUT2D eigenvalue weighted by atomic mass is 9.95. The summed E-state index contributed by atoms with van der Waals surface area (Å²) >= 11 is 0. The van der Waals surface area contributed by atoms with Crippen LogP contribution in [0.1, 0.15) is 31.9 Å². The Morgan fingerprint density at radius 3 is 1.86 bits per heavy atom. The van der Waals surface area contributed by atoms with Gasteiger partial charge < -0.3 is 53.4 Å². The summed E-state index contributed by atoms with van der Waals surface area (Å²) in [7, 11) is 0. The van der Waals surface area contributed by atoms with Crippen molar-refractivity contribution in [2.24, 2.45) is 0 Å². The van der Waals surface area contributed by atoms with E-state index in [4.69, 9.17) is 37.9 Å². The fourth-order valence-corrected chi connectivity index (χ4v) is 5.65. The maximum atomic E-state index is 12.3. The number of hydrogen-bond acceptors (Lipinski definition) is 13. The maximum absolute atomic E-state index is 12.3. The minimum Gasteiger partial charge on any atom is -0.455 e. The number of ether oxygens (including phenoxy) is 8. The Hall–Kier alpha value is -3.73. The first-order chi connectivity index (χ1) is 23.6. The average Bonchev–Trinajstić information content (AvgIpc) is 3.06. The smallest absolute Gasteiger partial charge is 0.303 e. The predicted octanol–water partition coefficient (Wildman–Crippen LogP) is 1.55. The summed E-state index contributed by atoms with van der Waals surface area (Å²) in [4.78, 5) is 36.7. The molecule has 268 valence electrons. The maximum Gasteiger partial charge on any atom is 0.303 e. The normalized spacial score (nSPS) is 29.8. The molecule has 0 aliphatic carbocycles. The van der Waals surface area contributed by atoms with Crippen LogP contribution in [0.4, 0.5) is 0 Å². The molecular formula is C35H45NO13. The molecule has 2 aromatic rings. The van der Waals surface area contributed by atoms with Crippen LogP contribution in [-0.4, -0.2) is 109 Å². The van der Waals surface area contributed by atoms with Gasteiger partial charge in [-0.25, -0.2) is 0 Å². The summed E-state index contributed by atoms with van der Waals surface area (Å²) in [5, 5.41) is 25.0. The van der Waals surface area contributed by atoms with Gasteiger partial charge in [-0.3, -0.25) is 14.4 Å². The van der Waals surface area contributed by atoms with Crippen LogP contribution >= 0.6 is 0 Å². The van der Waals surface area contributed by atoms with E-state index in [1.54, 1.807) is 0 Å². The van der Waals surface area contributed by atoms with Gasteiger partial charge in [-0.05, 0) is 11.1 Å². The molecule has 1 amide bonds. The summed E-state index contributed by atoms with van der Waals surface area (Å²) in [6.07, 6.45) is -10.3. The minimum atomic E-state index is -1.53. The Morgan fingerprint density at radius 2 is 1.33 bits per heavy atom. The van der Waals surface area contributed by atoms with Crippen molar-refractivity contribution < 1.29 is 62.5 Å². The molecular weight excluding hydrogens is 642 g/mol. The molecule has 49 heavy (non-hydrogen) atoms. The van der Waals surface area contributed by atoms with Crippen LogP contribution in [0.25, 0.3) is 0 Å². The molecule has 0 spiro atoms. The molecule has 0 bridgehead atoms. The van der Waals surface area contributed by atoms with Gasteiger partial charge in [0.25, 0.3) is 0 Å². The van der Waals surface area contributed by atoms with E-state index in [9.17, 15) is 24.6 Å². The van der Waals surface area contributed by atoms with E-state index in [2.05, 4.69) is 11.9 Å². The number of carbonyl (C=O) groups is 3. The highest BCUT2D eigenvalue weighted by Crippen LogP contribution is 2.33. The van der Waals surface area contributed by atoms with Crippen molar-refractivity contribution in [3.05, 3.63) is 84.4 Å². The first kappa shape index (κ1) is 38.1. The van der Waals surface area contributed by atoms with Gasteiger partial charge in [-0.2, -0.15) is 0 Å². The second kappa shape index (κ2) is 18.9. The molecule has 3 N–H and O–H groups in total. The van der Waals surface area contributed by atoms with Gasteiger partial charge in [-0.1, -0.05) is 66.7 Å². The quantitative estimate of drug-likeness (QED) is 0.171. The first-order valence-corrected chi connectivity index (χ1v) is 16.0. The molecule has 0 radical (unpaired) electrons. The minimum absolute atomic E-state index is 0.00540. The van der Waals surface area contributed by atoms with Crippen molar-refractivity contribution in [3.8, 4) is 0 Å². The molecule has 0 saturated carbocycles. The molecule has 14 nitrogen and oxygen atoms in total. The van der Waals surface area contributed by atoms with E-state index < -0.39 is 79.2 Å². The van der Waals surface area contributed by atoms with Gasteiger partial charge in [0.15, 0.2) is 24.8 Å². The van der Waals surface area contributed by atoms with Crippen molar-refractivity contribution in [2.75, 3.05) is 19.8 Å². The lowest BCUT2D eigenvalue weighted by Crippen LogP contribution is -2.68. The van der Waals surface area contributed by atoms with Crippen LogP contribution in [0.2, 0.25) is 0 Å². The second-order valence-electron chi connectivity index (χ2n) is 11.7. The van der Waals surface area contributed by atoms with E-state index in [1.807, 2.05) is 60.7 Å². The number of aliphatic hydroxyl groups excluding tert-OH is 2. The Balaban J connectivity index is 1.65. The summed E-state index contributed by atoms with van der Waals surface area (Å²) in [6, 6.07) is 17.6. The van der Waals surface area contributed by atoms with E-state index in [0.29, 0.717) is 0 Å². The third-order valence-corrected chi connectivity index (χ3v) is 7.74. The van der Waals surface area contributed by atoms with Crippen molar-refractivity contribution in [3.63, 3.8) is 0 Å². The zero-order valence-corrected chi connectivity index (χ0v) is 27.8. The van der Waals surface area contributed by atoms with Crippen molar-refractivity contribution in [2.45, 2.75) is 95.3 Å². The number of aliphatic hydroxyl groups is 2. The van der Waals surface area contributed by atoms with Crippen molar-refractivity contribution >= 4 is 17.8 Å². The molecule has 14 heteroatoms. The average molecular weight is 688 g/mol. The van der Waals surface area contributed by atoms with Gasteiger partial charge in [0.2, 0.25) is 5.91 Å². The van der Waals surface area contributed by atoms with Crippen LogP contribution in [0.3, 0.4) is 0 Å². The predicted molar refractivity (Wildman–Crippen MR) is 171 cm³/mol. The zero-order chi connectivity index (χ0) is 35.3. The fraction of sp³-hybridized carbons (Fsp3) is 0.514. The molecule has 2 fully saturated rings. The van der Waals surface area contributed by atoms with Crippen LogP contribution in [0.15, 0.2) is 73.3 Å². The SMILES string of the molecule is C=CCO[C@@H]1[C@@H](NC(C)=O)[C@@H](O)O[C@H](COCc2ccccc2)[C@H]1O[C@@H]1O[C@H](COCc2ccccc2)[C@H](O)[C@H](OC(C)=O)[C@H]1OC(C)=O. The third kappa shape index (κ3) is 11.1. The molecule has 10 atom stereocenters. The molecule has 4 rings (SSSR count). The highest BCUT2D eigenvalue weighted by molar-refractivity contribution is 5.73. The topological polar surface area (TPSA) is 178 Å². The van der Waals surface area contributed by atoms with Crippen molar-refractivity contribution in [1.82, 2.24) is 5.32 Å². The van der Waals surface area contributed by atoms with Crippen LogP contribution in [0.5, 0.6) is 0 Å². The number of amides is 1. The highest BCUT2D eigenvalue weighted by atomic mass is 16.7. The van der Waals surface area contributed by atoms with Gasteiger partial charge in [0, 0.05) is 20.8 Å².